The molecule has 1 aliphatic carbocycles. The van der Waals surface area contributed by atoms with E-state index in [1.54, 1.807) is 4.90 Å². The first-order chi connectivity index (χ1) is 18.6. The molecule has 2 atom stereocenters. The summed E-state index contributed by atoms with van der Waals surface area (Å²) in [5.41, 5.74) is 5.04. The molecule has 3 heterocycles. The van der Waals surface area contributed by atoms with Crippen LogP contribution in [0.25, 0.3) is 22.2 Å². The lowest BCUT2D eigenvalue weighted by atomic mass is 10.0. The zero-order chi connectivity index (χ0) is 27.5. The van der Waals surface area contributed by atoms with Crippen LogP contribution in [0.5, 0.6) is 5.75 Å². The second kappa shape index (κ2) is 9.47. The molecule has 3 aliphatic rings. The quantitative estimate of drug-likeness (QED) is 0.491. The van der Waals surface area contributed by atoms with Gasteiger partial charge in [-0.3, -0.25) is 9.69 Å². The highest BCUT2D eigenvalue weighted by Crippen LogP contribution is 2.43. The highest BCUT2D eigenvalue weighted by molar-refractivity contribution is 5.96. The van der Waals surface area contributed by atoms with Gasteiger partial charge in [0.25, 0.3) is 0 Å². The molecule has 0 spiro atoms. The maximum atomic E-state index is 13.1. The number of nitrogens with zero attached hydrogens (tertiary/aromatic N) is 4. The zero-order valence-electron chi connectivity index (χ0n) is 23.4. The Bertz CT molecular complexity index is 1440. The van der Waals surface area contributed by atoms with Crippen molar-refractivity contribution in [2.45, 2.75) is 64.7 Å². The molecule has 2 aliphatic heterocycles. The SMILES string of the molecule is C[C@@H](Oc1cc(-c2ccc3c(c2)N(C(=O)OC(C)(C)C)CCN3C)cc2ncn(C3CC3)c12)C1CNC(=O)C1. The van der Waals surface area contributed by atoms with E-state index in [1.807, 2.05) is 41.1 Å². The van der Waals surface area contributed by atoms with E-state index in [0.717, 1.165) is 58.7 Å². The lowest BCUT2D eigenvalue weighted by Crippen LogP contribution is -2.45. The maximum absolute atomic E-state index is 13.1. The zero-order valence-corrected chi connectivity index (χ0v) is 23.4. The van der Waals surface area contributed by atoms with Gasteiger partial charge in [-0.15, -0.1) is 0 Å². The molecule has 9 nitrogen and oxygen atoms in total. The first-order valence-electron chi connectivity index (χ1n) is 13.9. The van der Waals surface area contributed by atoms with Crippen molar-refractivity contribution in [3.63, 3.8) is 0 Å². The normalized spacial score (nSPS) is 20.1. The summed E-state index contributed by atoms with van der Waals surface area (Å²) in [7, 11) is 2.04. The predicted octanol–water partition coefficient (Wildman–Crippen LogP) is 5.13. The van der Waals surface area contributed by atoms with Gasteiger partial charge < -0.3 is 24.3 Å². The van der Waals surface area contributed by atoms with Crippen molar-refractivity contribution in [2.75, 3.05) is 36.5 Å². The van der Waals surface area contributed by atoms with Crippen molar-refractivity contribution in [2.24, 2.45) is 5.92 Å². The van der Waals surface area contributed by atoms with Gasteiger partial charge in [-0.2, -0.15) is 0 Å². The molecule has 1 saturated carbocycles. The van der Waals surface area contributed by atoms with Gasteiger partial charge in [0.2, 0.25) is 5.91 Å². The van der Waals surface area contributed by atoms with E-state index in [-0.39, 0.29) is 24.0 Å². The van der Waals surface area contributed by atoms with Crippen LogP contribution in [-0.2, 0) is 9.53 Å². The molecule has 2 aromatic carbocycles. The number of carbonyl (C=O) groups excluding carboxylic acids is 2. The van der Waals surface area contributed by atoms with E-state index in [0.29, 0.717) is 25.6 Å². The lowest BCUT2D eigenvalue weighted by Gasteiger charge is -2.36. The van der Waals surface area contributed by atoms with Crippen LogP contribution in [0.4, 0.5) is 16.2 Å². The molecule has 2 amide bonds. The van der Waals surface area contributed by atoms with Crippen molar-refractivity contribution < 1.29 is 19.1 Å². The summed E-state index contributed by atoms with van der Waals surface area (Å²) >= 11 is 0. The van der Waals surface area contributed by atoms with Crippen molar-refractivity contribution in [1.29, 1.82) is 0 Å². The van der Waals surface area contributed by atoms with Crippen LogP contribution in [0.1, 0.15) is 53.0 Å². The summed E-state index contributed by atoms with van der Waals surface area (Å²) < 4.78 is 14.6. The Balaban J connectivity index is 1.40. The van der Waals surface area contributed by atoms with E-state index in [4.69, 9.17) is 14.5 Å². The highest BCUT2D eigenvalue weighted by Gasteiger charge is 2.32. The number of carbonyl (C=O) groups is 2. The molecule has 6 rings (SSSR count). The Morgan fingerprint density at radius 3 is 2.59 bits per heavy atom. The fourth-order valence-electron chi connectivity index (χ4n) is 5.51. The largest absolute Gasteiger partial charge is 0.488 e. The first-order valence-corrected chi connectivity index (χ1v) is 13.9. The second-order valence-electron chi connectivity index (χ2n) is 12.1. The number of amides is 2. The summed E-state index contributed by atoms with van der Waals surface area (Å²) in [6.07, 6.45) is 4.20. The fourth-order valence-corrected chi connectivity index (χ4v) is 5.51. The molecule has 1 N–H and O–H groups in total. The number of benzene rings is 2. The van der Waals surface area contributed by atoms with Crippen LogP contribution < -0.4 is 19.9 Å². The molecule has 2 fully saturated rings. The van der Waals surface area contributed by atoms with Crippen LogP contribution in [0.3, 0.4) is 0 Å². The number of nitrogens with one attached hydrogen (secondary N) is 1. The van der Waals surface area contributed by atoms with Crippen LogP contribution in [0.2, 0.25) is 0 Å². The van der Waals surface area contributed by atoms with E-state index in [9.17, 15) is 9.59 Å². The van der Waals surface area contributed by atoms with Crippen LogP contribution in [0.15, 0.2) is 36.7 Å². The first kappa shape index (κ1) is 25.5. The number of hydrogen-bond acceptors (Lipinski definition) is 6. The Morgan fingerprint density at radius 1 is 1.10 bits per heavy atom. The Hall–Kier alpha value is -3.75. The number of likely N-dealkylation sites (N-methyl/N-ethyl adjacent to an activating group) is 1. The molecule has 1 saturated heterocycles. The van der Waals surface area contributed by atoms with Crippen LogP contribution >= 0.6 is 0 Å². The third kappa shape index (κ3) is 5.02. The third-order valence-corrected chi connectivity index (χ3v) is 7.84. The molecule has 0 radical (unpaired) electrons. The van der Waals surface area contributed by atoms with Crippen molar-refractivity contribution in [3.05, 3.63) is 36.7 Å². The van der Waals surface area contributed by atoms with Crippen LogP contribution in [-0.4, -0.2) is 59.9 Å². The summed E-state index contributed by atoms with van der Waals surface area (Å²) in [6.45, 7) is 9.59. The molecule has 1 aromatic heterocycles. The number of aromatic nitrogens is 2. The average Bonchev–Trinajstić information content (AvgIpc) is 3.48. The molecule has 3 aromatic rings. The molecule has 39 heavy (non-hydrogen) atoms. The second-order valence-corrected chi connectivity index (χ2v) is 12.1. The van der Waals surface area contributed by atoms with E-state index >= 15 is 0 Å². The van der Waals surface area contributed by atoms with Crippen molar-refractivity contribution >= 4 is 34.4 Å². The van der Waals surface area contributed by atoms with Gasteiger partial charge in [0, 0.05) is 45.1 Å². The Morgan fingerprint density at radius 2 is 1.90 bits per heavy atom. The topological polar surface area (TPSA) is 88.9 Å². The summed E-state index contributed by atoms with van der Waals surface area (Å²) in [5.74, 6) is 0.971. The number of anilines is 2. The predicted molar refractivity (Wildman–Crippen MR) is 151 cm³/mol. The monoisotopic (exact) mass is 531 g/mol. The van der Waals surface area contributed by atoms with Crippen molar-refractivity contribution in [1.82, 2.24) is 14.9 Å². The maximum Gasteiger partial charge on any atom is 0.414 e. The minimum atomic E-state index is -0.577. The smallest absolute Gasteiger partial charge is 0.414 e. The molecular formula is C30H37N5O4. The molecule has 1 unspecified atom stereocenters. The van der Waals surface area contributed by atoms with Gasteiger partial charge in [0.15, 0.2) is 0 Å². The number of ether oxygens (including phenoxy) is 2. The Kier molecular flexibility index (Phi) is 6.19. The summed E-state index contributed by atoms with van der Waals surface area (Å²) in [6, 6.07) is 10.8. The minimum absolute atomic E-state index is 0.0749. The molecule has 0 bridgehead atoms. The van der Waals surface area contributed by atoms with Gasteiger partial charge in [-0.25, -0.2) is 9.78 Å². The highest BCUT2D eigenvalue weighted by atomic mass is 16.6. The number of imidazole rings is 1. The number of fused-ring (bicyclic) bond motifs is 2. The fraction of sp³-hybridized carbons (Fsp3) is 0.500. The summed E-state index contributed by atoms with van der Waals surface area (Å²) in [5, 5.41) is 2.92. The average molecular weight is 532 g/mol. The molecular weight excluding hydrogens is 494 g/mol. The van der Waals surface area contributed by atoms with Crippen LogP contribution in [0, 0.1) is 5.92 Å². The number of hydrogen-bond donors (Lipinski definition) is 1. The minimum Gasteiger partial charge on any atom is -0.488 e. The van der Waals surface area contributed by atoms with Gasteiger partial charge in [0.05, 0.1) is 23.2 Å². The van der Waals surface area contributed by atoms with Gasteiger partial charge in [-0.1, -0.05) is 6.07 Å². The molecule has 206 valence electrons. The van der Waals surface area contributed by atoms with E-state index in [1.165, 1.54) is 0 Å². The van der Waals surface area contributed by atoms with Gasteiger partial charge in [-0.05, 0) is 75.9 Å². The van der Waals surface area contributed by atoms with E-state index in [2.05, 4.69) is 45.1 Å². The van der Waals surface area contributed by atoms with Gasteiger partial charge in [0.1, 0.15) is 23.0 Å². The third-order valence-electron chi connectivity index (χ3n) is 7.84. The van der Waals surface area contributed by atoms with E-state index < -0.39 is 5.60 Å². The standard InChI is InChI=1S/C30H37N5O4/c1-18(21-15-27(36)31-16-21)38-26-14-20(12-23-28(26)35(17-32-23)22-7-8-22)19-6-9-24-25(13-19)34(11-10-33(24)5)29(37)39-30(2,3)4/h6,9,12-14,17-18,21-22H,7-8,10-11,15-16H2,1-5H3,(H,31,36)/t18-,21?/m1/s1. The Labute approximate surface area is 229 Å². The molecule has 9 heteroatoms. The van der Waals surface area contributed by atoms with Crippen molar-refractivity contribution in [3.8, 4) is 16.9 Å². The number of rotatable bonds is 5. The van der Waals surface area contributed by atoms with Gasteiger partial charge >= 0.3 is 6.09 Å². The lowest BCUT2D eigenvalue weighted by molar-refractivity contribution is -0.119. The summed E-state index contributed by atoms with van der Waals surface area (Å²) in [4.78, 5) is 33.6.